The van der Waals surface area contributed by atoms with Crippen molar-refractivity contribution in [1.29, 1.82) is 0 Å². The van der Waals surface area contributed by atoms with Crippen molar-refractivity contribution in [3.05, 3.63) is 66.2 Å². The lowest BCUT2D eigenvalue weighted by Crippen LogP contribution is -2.31. The van der Waals surface area contributed by atoms with E-state index >= 15 is 0 Å². The molecule has 0 heterocycles. The predicted octanol–water partition coefficient (Wildman–Crippen LogP) is 4.07. The highest BCUT2D eigenvalue weighted by Gasteiger charge is 2.08. The van der Waals surface area contributed by atoms with Crippen LogP contribution in [0.15, 0.2) is 60.7 Å². The van der Waals surface area contributed by atoms with Gasteiger partial charge in [-0.3, -0.25) is 0 Å². The van der Waals surface area contributed by atoms with Gasteiger partial charge in [0.25, 0.3) is 0 Å². The fourth-order valence-electron chi connectivity index (χ4n) is 2.46. The molecular weight excluding hydrogens is 258 g/mol. The molecular formula is C19H25NO. The van der Waals surface area contributed by atoms with E-state index in [0.29, 0.717) is 6.04 Å². The molecule has 2 nitrogen and oxygen atoms in total. The first kappa shape index (κ1) is 15.6. The summed E-state index contributed by atoms with van der Waals surface area (Å²) in [7, 11) is 0. The largest absolute Gasteiger partial charge is 0.494 e. The maximum absolute atomic E-state index is 5.79. The van der Waals surface area contributed by atoms with Crippen LogP contribution in [-0.4, -0.2) is 19.2 Å². The molecule has 0 radical (unpaired) electrons. The van der Waals surface area contributed by atoms with Crippen LogP contribution in [0.5, 0.6) is 5.75 Å². The molecule has 0 aliphatic carbocycles. The molecule has 112 valence electrons. The van der Waals surface area contributed by atoms with E-state index in [-0.39, 0.29) is 0 Å². The molecule has 1 unspecified atom stereocenters. The summed E-state index contributed by atoms with van der Waals surface area (Å²) in [5.74, 6) is 0.954. The van der Waals surface area contributed by atoms with Gasteiger partial charge in [-0.15, -0.1) is 0 Å². The van der Waals surface area contributed by atoms with Crippen LogP contribution in [0.1, 0.15) is 25.3 Å². The molecule has 0 spiro atoms. The van der Waals surface area contributed by atoms with Crippen molar-refractivity contribution in [2.75, 3.05) is 13.2 Å². The minimum atomic E-state index is 0.513. The van der Waals surface area contributed by atoms with Crippen molar-refractivity contribution in [2.24, 2.45) is 0 Å². The zero-order valence-corrected chi connectivity index (χ0v) is 12.8. The molecule has 2 heteroatoms. The van der Waals surface area contributed by atoms with E-state index in [1.54, 1.807) is 0 Å². The molecule has 0 amide bonds. The molecule has 2 rings (SSSR count). The molecule has 0 fully saturated rings. The Morgan fingerprint density at radius 1 is 0.905 bits per heavy atom. The first-order valence-electron chi connectivity index (χ1n) is 7.83. The Bertz CT molecular complexity index is 483. The number of aryl methyl sites for hydroxylation is 1. The summed E-state index contributed by atoms with van der Waals surface area (Å²) in [5.41, 5.74) is 1.41. The third-order valence-electron chi connectivity index (χ3n) is 3.60. The number of rotatable bonds is 9. The smallest absolute Gasteiger partial charge is 0.119 e. The summed E-state index contributed by atoms with van der Waals surface area (Å²) in [6, 6.07) is 21.2. The number of ether oxygens (including phenoxy) is 1. The number of hydrogen-bond donors (Lipinski definition) is 1. The van der Waals surface area contributed by atoms with Gasteiger partial charge in [0, 0.05) is 6.04 Å². The number of benzene rings is 2. The fourth-order valence-corrected chi connectivity index (χ4v) is 2.46. The molecule has 0 bridgehead atoms. The summed E-state index contributed by atoms with van der Waals surface area (Å²) < 4.78 is 5.79. The average molecular weight is 283 g/mol. The molecule has 0 aliphatic heterocycles. The lowest BCUT2D eigenvalue weighted by molar-refractivity contribution is 0.282. The van der Waals surface area contributed by atoms with Crippen molar-refractivity contribution in [3.8, 4) is 5.75 Å². The first-order chi connectivity index (χ1) is 10.4. The minimum Gasteiger partial charge on any atom is -0.494 e. The van der Waals surface area contributed by atoms with Crippen molar-refractivity contribution < 1.29 is 4.74 Å². The Labute approximate surface area is 128 Å². The van der Waals surface area contributed by atoms with E-state index in [9.17, 15) is 0 Å². The van der Waals surface area contributed by atoms with Gasteiger partial charge in [0.2, 0.25) is 0 Å². The van der Waals surface area contributed by atoms with Crippen molar-refractivity contribution in [2.45, 2.75) is 32.2 Å². The number of para-hydroxylation sites is 1. The second-order valence-electron chi connectivity index (χ2n) is 5.23. The van der Waals surface area contributed by atoms with Crippen LogP contribution >= 0.6 is 0 Å². The Morgan fingerprint density at radius 2 is 1.57 bits per heavy atom. The van der Waals surface area contributed by atoms with E-state index in [2.05, 4.69) is 42.6 Å². The fraction of sp³-hybridized carbons (Fsp3) is 0.368. The summed E-state index contributed by atoms with van der Waals surface area (Å²) >= 11 is 0. The highest BCUT2D eigenvalue weighted by Crippen LogP contribution is 2.11. The van der Waals surface area contributed by atoms with E-state index in [4.69, 9.17) is 4.74 Å². The highest BCUT2D eigenvalue weighted by atomic mass is 16.5. The Kier molecular flexibility index (Phi) is 6.82. The van der Waals surface area contributed by atoms with Crippen LogP contribution in [-0.2, 0) is 6.42 Å². The second-order valence-corrected chi connectivity index (χ2v) is 5.23. The van der Waals surface area contributed by atoms with Gasteiger partial charge in [0.05, 0.1) is 6.61 Å². The zero-order chi connectivity index (χ0) is 14.8. The van der Waals surface area contributed by atoms with Gasteiger partial charge >= 0.3 is 0 Å². The Hall–Kier alpha value is -1.80. The van der Waals surface area contributed by atoms with Gasteiger partial charge < -0.3 is 10.1 Å². The van der Waals surface area contributed by atoms with E-state index < -0.39 is 0 Å². The quantitative estimate of drug-likeness (QED) is 0.749. The van der Waals surface area contributed by atoms with Crippen LogP contribution in [0.3, 0.4) is 0 Å². The molecule has 1 N–H and O–H groups in total. The van der Waals surface area contributed by atoms with Crippen molar-refractivity contribution in [3.63, 3.8) is 0 Å². The predicted molar refractivity (Wildman–Crippen MR) is 88.8 cm³/mol. The molecule has 0 aromatic heterocycles. The van der Waals surface area contributed by atoms with Gasteiger partial charge in [-0.25, -0.2) is 0 Å². The third-order valence-corrected chi connectivity index (χ3v) is 3.60. The van der Waals surface area contributed by atoms with Crippen molar-refractivity contribution in [1.82, 2.24) is 5.32 Å². The van der Waals surface area contributed by atoms with E-state index in [0.717, 1.165) is 38.2 Å². The molecule has 0 saturated carbocycles. The maximum Gasteiger partial charge on any atom is 0.119 e. The monoisotopic (exact) mass is 283 g/mol. The van der Waals surface area contributed by atoms with Gasteiger partial charge in [-0.1, -0.05) is 55.5 Å². The van der Waals surface area contributed by atoms with Crippen LogP contribution in [0.4, 0.5) is 0 Å². The Balaban J connectivity index is 1.73. The van der Waals surface area contributed by atoms with Gasteiger partial charge in [0.1, 0.15) is 5.75 Å². The molecule has 21 heavy (non-hydrogen) atoms. The molecule has 0 aliphatic rings. The lowest BCUT2D eigenvalue weighted by atomic mass is 10.0. The third kappa shape index (κ3) is 6.01. The Morgan fingerprint density at radius 3 is 2.24 bits per heavy atom. The van der Waals surface area contributed by atoms with E-state index in [1.807, 2.05) is 30.3 Å². The summed E-state index contributed by atoms with van der Waals surface area (Å²) in [6.07, 6.45) is 3.30. The highest BCUT2D eigenvalue weighted by molar-refractivity contribution is 5.20. The summed E-state index contributed by atoms with van der Waals surface area (Å²) in [5, 5.41) is 3.56. The lowest BCUT2D eigenvalue weighted by Gasteiger charge is -2.18. The summed E-state index contributed by atoms with van der Waals surface area (Å²) in [6.45, 7) is 3.93. The van der Waals surface area contributed by atoms with Gasteiger partial charge in [0.15, 0.2) is 0 Å². The minimum absolute atomic E-state index is 0.513. The number of hydrogen-bond acceptors (Lipinski definition) is 2. The van der Waals surface area contributed by atoms with Crippen LogP contribution in [0, 0.1) is 0 Å². The van der Waals surface area contributed by atoms with E-state index in [1.165, 1.54) is 5.56 Å². The van der Waals surface area contributed by atoms with Gasteiger partial charge in [-0.05, 0) is 43.5 Å². The summed E-state index contributed by atoms with van der Waals surface area (Å²) in [4.78, 5) is 0. The van der Waals surface area contributed by atoms with Gasteiger partial charge in [-0.2, -0.15) is 0 Å². The first-order valence-corrected chi connectivity index (χ1v) is 7.83. The second kappa shape index (κ2) is 9.19. The van der Waals surface area contributed by atoms with Crippen molar-refractivity contribution >= 4 is 0 Å². The zero-order valence-electron chi connectivity index (χ0n) is 12.8. The topological polar surface area (TPSA) is 21.3 Å². The number of nitrogens with one attached hydrogen (secondary N) is 1. The SMILES string of the molecule is CCNC(CCOc1ccccc1)CCc1ccccc1. The molecule has 2 aromatic rings. The maximum atomic E-state index is 5.79. The van der Waals surface area contributed by atoms with Crippen LogP contribution in [0.2, 0.25) is 0 Å². The molecule has 2 aromatic carbocycles. The van der Waals surface area contributed by atoms with Crippen LogP contribution in [0.25, 0.3) is 0 Å². The average Bonchev–Trinajstić information content (AvgIpc) is 2.54. The standard InChI is InChI=1S/C19H25NO/c1-2-20-18(14-13-17-9-5-3-6-10-17)15-16-21-19-11-7-4-8-12-19/h3-12,18,20H,2,13-16H2,1H3. The molecule has 1 atom stereocenters. The molecule has 0 saturated heterocycles. The van der Waals surface area contributed by atoms with Crippen LogP contribution < -0.4 is 10.1 Å². The normalized spacial score (nSPS) is 12.0.